The Morgan fingerprint density at radius 1 is 1.30 bits per heavy atom. The molecule has 0 aromatic heterocycles. The fourth-order valence-electron chi connectivity index (χ4n) is 2.33. The van der Waals surface area contributed by atoms with Gasteiger partial charge >= 0.3 is 11.7 Å². The van der Waals surface area contributed by atoms with Crippen LogP contribution in [0.2, 0.25) is 0 Å². The van der Waals surface area contributed by atoms with Crippen LogP contribution in [0, 0.1) is 10.1 Å². The van der Waals surface area contributed by atoms with Crippen molar-refractivity contribution in [3.8, 4) is 11.5 Å². The van der Waals surface area contributed by atoms with Crippen molar-refractivity contribution in [3.05, 3.63) is 27.8 Å². The summed E-state index contributed by atoms with van der Waals surface area (Å²) < 4.78 is 10.0. The third kappa shape index (κ3) is 5.30. The summed E-state index contributed by atoms with van der Waals surface area (Å²) in [5.41, 5.74) is -0.639. The lowest BCUT2D eigenvalue weighted by Crippen LogP contribution is -2.46. The van der Waals surface area contributed by atoms with Gasteiger partial charge in [-0.1, -0.05) is 0 Å². The smallest absolute Gasteiger partial charge is 0.326 e. The molecule has 0 saturated heterocycles. The Bertz CT molecular complexity index is 749. The zero-order chi connectivity index (χ0) is 20.7. The molecule has 0 aliphatic heterocycles. The van der Waals surface area contributed by atoms with E-state index in [0.29, 0.717) is 0 Å². The first kappa shape index (κ1) is 21.7. The molecule has 2 N–H and O–H groups in total. The Morgan fingerprint density at radius 2 is 1.93 bits per heavy atom. The Morgan fingerprint density at radius 3 is 2.37 bits per heavy atom. The first-order valence-electron chi connectivity index (χ1n) is 7.82. The van der Waals surface area contributed by atoms with Crippen LogP contribution < -0.4 is 14.8 Å². The average Bonchev–Trinajstić information content (AvgIpc) is 2.62. The van der Waals surface area contributed by atoms with E-state index >= 15 is 0 Å². The van der Waals surface area contributed by atoms with Gasteiger partial charge in [-0.25, -0.2) is 4.79 Å². The molecule has 1 aromatic carbocycles. The maximum absolute atomic E-state index is 12.8. The van der Waals surface area contributed by atoms with Gasteiger partial charge in [0, 0.05) is 26.1 Å². The third-order valence-electron chi connectivity index (χ3n) is 3.72. The summed E-state index contributed by atoms with van der Waals surface area (Å²) in [5, 5.41) is 23.0. The van der Waals surface area contributed by atoms with Gasteiger partial charge in [-0.2, -0.15) is 0 Å². The summed E-state index contributed by atoms with van der Waals surface area (Å²) in [6, 6.07) is 0.996. The molecule has 11 nitrogen and oxygen atoms in total. The Kier molecular flexibility index (Phi) is 7.51. The second kappa shape index (κ2) is 9.36. The summed E-state index contributed by atoms with van der Waals surface area (Å²) in [6.07, 6.45) is 0. The number of rotatable bonds is 9. The van der Waals surface area contributed by atoms with E-state index < -0.39 is 28.5 Å². The van der Waals surface area contributed by atoms with E-state index in [1.807, 2.05) is 0 Å². The highest BCUT2D eigenvalue weighted by Gasteiger charge is 2.30. The molecular weight excluding hydrogens is 362 g/mol. The molecule has 0 saturated carbocycles. The molecule has 11 heteroatoms. The fraction of sp³-hybridized carbons (Fsp3) is 0.438. The number of benzene rings is 1. The molecule has 0 aliphatic rings. The normalized spacial score (nSPS) is 11.3. The van der Waals surface area contributed by atoms with Crippen molar-refractivity contribution in [2.75, 3.05) is 27.3 Å². The minimum Gasteiger partial charge on any atom is -0.493 e. The summed E-state index contributed by atoms with van der Waals surface area (Å²) in [4.78, 5) is 46.7. The van der Waals surface area contributed by atoms with Crippen LogP contribution in [0.5, 0.6) is 11.5 Å². The molecule has 0 heterocycles. The van der Waals surface area contributed by atoms with Crippen LogP contribution in [-0.4, -0.2) is 66.1 Å². The number of nitro groups is 1. The van der Waals surface area contributed by atoms with Gasteiger partial charge in [0.25, 0.3) is 5.91 Å². The van der Waals surface area contributed by atoms with Crippen LogP contribution in [0.1, 0.15) is 24.2 Å². The number of hydrogen-bond donors (Lipinski definition) is 2. The molecule has 27 heavy (non-hydrogen) atoms. The van der Waals surface area contributed by atoms with Gasteiger partial charge in [-0.15, -0.1) is 0 Å². The maximum atomic E-state index is 12.8. The second-order valence-corrected chi connectivity index (χ2v) is 5.48. The van der Waals surface area contributed by atoms with Crippen molar-refractivity contribution in [3.63, 3.8) is 0 Å². The summed E-state index contributed by atoms with van der Waals surface area (Å²) in [6.45, 7) is 2.50. The SMILES string of the molecule is COc1cc(C(=O)N(CCNC(C)=O)C(C)C(=O)O)cc([N+](=O)[O-])c1OC. The van der Waals surface area contributed by atoms with Gasteiger partial charge in [-0.05, 0) is 13.0 Å². The monoisotopic (exact) mass is 383 g/mol. The van der Waals surface area contributed by atoms with Gasteiger partial charge in [0.2, 0.25) is 11.7 Å². The van der Waals surface area contributed by atoms with Crippen LogP contribution in [0.4, 0.5) is 5.69 Å². The second-order valence-electron chi connectivity index (χ2n) is 5.48. The van der Waals surface area contributed by atoms with Crippen molar-refractivity contribution in [2.24, 2.45) is 0 Å². The number of carboxylic acid groups (broad SMARTS) is 1. The standard InChI is InChI=1S/C16H21N3O8/c1-9(16(22)23)18(6-5-17-10(2)20)15(21)11-7-12(19(24)25)14(27-4)13(8-11)26-3/h7-9H,5-6H2,1-4H3,(H,17,20)(H,22,23). The quantitative estimate of drug-likeness (QED) is 0.467. The zero-order valence-corrected chi connectivity index (χ0v) is 15.3. The first-order valence-corrected chi connectivity index (χ1v) is 7.82. The number of carboxylic acids is 1. The molecule has 0 bridgehead atoms. The van der Waals surface area contributed by atoms with Crippen molar-refractivity contribution in [2.45, 2.75) is 19.9 Å². The Hall–Kier alpha value is -3.37. The highest BCUT2D eigenvalue weighted by atomic mass is 16.6. The van der Waals surface area contributed by atoms with Gasteiger partial charge in [0.05, 0.1) is 24.7 Å². The number of carbonyl (C=O) groups is 3. The maximum Gasteiger partial charge on any atom is 0.326 e. The fourth-order valence-corrected chi connectivity index (χ4v) is 2.33. The molecule has 1 aromatic rings. The van der Waals surface area contributed by atoms with Crippen molar-refractivity contribution in [1.29, 1.82) is 0 Å². The van der Waals surface area contributed by atoms with Crippen LogP contribution in [0.3, 0.4) is 0 Å². The topological polar surface area (TPSA) is 148 Å². The number of aliphatic carboxylic acids is 1. The van der Waals surface area contributed by atoms with E-state index in [-0.39, 0.29) is 36.1 Å². The number of nitrogens with zero attached hydrogens (tertiary/aromatic N) is 2. The lowest BCUT2D eigenvalue weighted by molar-refractivity contribution is -0.385. The predicted octanol–water partition coefficient (Wildman–Crippen LogP) is 0.663. The van der Waals surface area contributed by atoms with E-state index in [9.17, 15) is 29.6 Å². The first-order chi connectivity index (χ1) is 12.6. The van der Waals surface area contributed by atoms with Crippen LogP contribution in [-0.2, 0) is 9.59 Å². The van der Waals surface area contributed by atoms with E-state index in [4.69, 9.17) is 9.47 Å². The van der Waals surface area contributed by atoms with E-state index in [1.165, 1.54) is 34.1 Å². The third-order valence-corrected chi connectivity index (χ3v) is 3.72. The molecule has 1 unspecified atom stereocenters. The van der Waals surface area contributed by atoms with Gasteiger partial charge < -0.3 is 24.8 Å². The number of amides is 2. The number of nitro benzene ring substituents is 1. The molecule has 0 aliphatic carbocycles. The Balaban J connectivity index is 3.34. The van der Waals surface area contributed by atoms with Crippen molar-refractivity contribution in [1.82, 2.24) is 10.2 Å². The van der Waals surface area contributed by atoms with E-state index in [0.717, 1.165) is 11.0 Å². The molecule has 1 rings (SSSR count). The highest BCUT2D eigenvalue weighted by molar-refractivity contribution is 5.98. The predicted molar refractivity (Wildman–Crippen MR) is 93.0 cm³/mol. The van der Waals surface area contributed by atoms with Crippen LogP contribution in [0.25, 0.3) is 0 Å². The summed E-state index contributed by atoms with van der Waals surface area (Å²) in [5.74, 6) is -2.57. The molecule has 0 spiro atoms. The zero-order valence-electron chi connectivity index (χ0n) is 15.3. The van der Waals surface area contributed by atoms with Gasteiger partial charge in [0.1, 0.15) is 6.04 Å². The lowest BCUT2D eigenvalue weighted by atomic mass is 10.1. The number of methoxy groups -OCH3 is 2. The minimum atomic E-state index is -1.26. The summed E-state index contributed by atoms with van der Waals surface area (Å²) in [7, 11) is 2.48. The number of carbonyl (C=O) groups excluding carboxylic acids is 2. The van der Waals surface area contributed by atoms with Crippen molar-refractivity contribution < 1.29 is 33.9 Å². The molecule has 2 amide bonds. The molecule has 0 fully saturated rings. The highest BCUT2D eigenvalue weighted by Crippen LogP contribution is 2.38. The lowest BCUT2D eigenvalue weighted by Gasteiger charge is -2.27. The van der Waals surface area contributed by atoms with Gasteiger partial charge in [0.15, 0.2) is 5.75 Å². The molecular formula is C16H21N3O8. The van der Waals surface area contributed by atoms with E-state index in [2.05, 4.69) is 5.32 Å². The summed E-state index contributed by atoms with van der Waals surface area (Å²) >= 11 is 0. The Labute approximate surface area is 155 Å². The average molecular weight is 383 g/mol. The van der Waals surface area contributed by atoms with Crippen molar-refractivity contribution >= 4 is 23.5 Å². The van der Waals surface area contributed by atoms with Crippen LogP contribution in [0.15, 0.2) is 12.1 Å². The number of nitrogens with one attached hydrogen (secondary N) is 1. The minimum absolute atomic E-state index is 0.0219. The van der Waals surface area contributed by atoms with Crippen LogP contribution >= 0.6 is 0 Å². The number of ether oxygens (including phenoxy) is 2. The molecule has 0 radical (unpaired) electrons. The largest absolute Gasteiger partial charge is 0.493 e. The van der Waals surface area contributed by atoms with Gasteiger partial charge in [-0.3, -0.25) is 19.7 Å². The van der Waals surface area contributed by atoms with E-state index in [1.54, 1.807) is 0 Å². The molecule has 1 atom stereocenters. The number of hydrogen-bond acceptors (Lipinski definition) is 7. The molecule has 148 valence electrons.